The average molecular weight is 294 g/mol. The van der Waals surface area contributed by atoms with Crippen LogP contribution < -0.4 is 0 Å². The van der Waals surface area contributed by atoms with Crippen LogP contribution in [0.5, 0.6) is 0 Å². The fraction of sp³-hybridized carbons (Fsp3) is 0.333. The number of hydrogen-bond acceptors (Lipinski definition) is 6. The molecule has 0 fully saturated rings. The highest BCUT2D eigenvalue weighted by Crippen LogP contribution is 2.17. The van der Waals surface area contributed by atoms with Gasteiger partial charge >= 0.3 is 0 Å². The molecule has 106 valence electrons. The van der Waals surface area contributed by atoms with Crippen LogP contribution >= 0.6 is 0 Å². The summed E-state index contributed by atoms with van der Waals surface area (Å²) in [5, 5.41) is 4.21. The summed E-state index contributed by atoms with van der Waals surface area (Å²) in [4.78, 5) is 19.1. The number of rotatable bonds is 6. The minimum absolute atomic E-state index is 0.0105. The number of aldehydes is 1. The lowest BCUT2D eigenvalue weighted by Gasteiger charge is -2.01. The first-order chi connectivity index (χ1) is 9.55. The molecule has 0 aliphatic heterocycles. The predicted octanol–water partition coefficient (Wildman–Crippen LogP) is 0.587. The van der Waals surface area contributed by atoms with Crippen molar-refractivity contribution in [2.24, 2.45) is 0 Å². The van der Waals surface area contributed by atoms with Crippen molar-refractivity contribution in [3.8, 4) is 11.4 Å². The second kappa shape index (κ2) is 5.91. The zero-order chi connectivity index (χ0) is 14.6. The molecule has 2 rings (SSSR count). The van der Waals surface area contributed by atoms with E-state index in [2.05, 4.69) is 15.1 Å². The maximum Gasteiger partial charge on any atom is 0.153 e. The topological polar surface area (TPSA) is 94.8 Å². The van der Waals surface area contributed by atoms with Crippen molar-refractivity contribution >= 4 is 16.1 Å². The van der Waals surface area contributed by atoms with Crippen LogP contribution in [0.2, 0.25) is 0 Å². The Morgan fingerprint density at radius 3 is 2.75 bits per heavy atom. The fourth-order valence-corrected chi connectivity index (χ4v) is 2.39. The highest BCUT2D eigenvalue weighted by Gasteiger charge is 2.14. The third-order valence-corrected chi connectivity index (χ3v) is 4.48. The second-order valence-corrected chi connectivity index (χ2v) is 6.61. The summed E-state index contributed by atoms with van der Waals surface area (Å²) in [6, 6.07) is 0. The number of carbonyl (C=O) groups is 1. The molecule has 0 unspecified atom stereocenters. The van der Waals surface area contributed by atoms with Gasteiger partial charge in [0.05, 0.1) is 24.1 Å². The minimum Gasteiger partial charge on any atom is -0.298 e. The summed E-state index contributed by atoms with van der Waals surface area (Å²) in [5.74, 6) is 0.0786. The average Bonchev–Trinajstić information content (AvgIpc) is 2.90. The number of nitrogens with zero attached hydrogens (tertiary/aromatic N) is 4. The van der Waals surface area contributed by atoms with Gasteiger partial charge in [-0.2, -0.15) is 5.10 Å². The van der Waals surface area contributed by atoms with E-state index in [-0.39, 0.29) is 18.1 Å². The van der Waals surface area contributed by atoms with E-state index in [9.17, 15) is 13.2 Å². The molecule has 0 atom stereocenters. The van der Waals surface area contributed by atoms with Crippen molar-refractivity contribution < 1.29 is 13.2 Å². The van der Waals surface area contributed by atoms with Gasteiger partial charge in [0.25, 0.3) is 0 Å². The Hall–Kier alpha value is -2.09. The van der Waals surface area contributed by atoms with Gasteiger partial charge in [0, 0.05) is 24.3 Å². The molecule has 8 heteroatoms. The van der Waals surface area contributed by atoms with Gasteiger partial charge < -0.3 is 0 Å². The third-order valence-electron chi connectivity index (χ3n) is 2.79. The largest absolute Gasteiger partial charge is 0.298 e. The molecule has 20 heavy (non-hydrogen) atoms. The zero-order valence-corrected chi connectivity index (χ0v) is 11.7. The molecule has 0 aliphatic carbocycles. The van der Waals surface area contributed by atoms with Crippen LogP contribution in [-0.4, -0.2) is 46.0 Å². The molecule has 2 aromatic heterocycles. The van der Waals surface area contributed by atoms with Crippen molar-refractivity contribution in [3.05, 3.63) is 30.4 Å². The number of aryl methyl sites for hydroxylation is 1. The van der Waals surface area contributed by atoms with Crippen LogP contribution in [0, 0.1) is 0 Å². The summed E-state index contributed by atoms with van der Waals surface area (Å²) < 4.78 is 24.4. The highest BCUT2D eigenvalue weighted by atomic mass is 32.2. The van der Waals surface area contributed by atoms with Gasteiger partial charge in [-0.15, -0.1) is 0 Å². The zero-order valence-electron chi connectivity index (χ0n) is 10.9. The van der Waals surface area contributed by atoms with Crippen LogP contribution in [0.4, 0.5) is 0 Å². The van der Waals surface area contributed by atoms with Crippen molar-refractivity contribution in [2.75, 3.05) is 11.5 Å². The summed E-state index contributed by atoms with van der Waals surface area (Å²) in [7, 11) is -3.07. The third kappa shape index (κ3) is 3.27. The molecule has 2 heterocycles. The van der Waals surface area contributed by atoms with Gasteiger partial charge in [0.1, 0.15) is 11.4 Å². The van der Waals surface area contributed by atoms with Crippen LogP contribution in [0.25, 0.3) is 11.4 Å². The number of sulfone groups is 1. The van der Waals surface area contributed by atoms with E-state index in [1.54, 1.807) is 6.92 Å². The molecule has 2 aromatic rings. The Balaban J connectivity index is 2.26. The maximum absolute atomic E-state index is 11.5. The number of aromatic nitrogens is 4. The Morgan fingerprint density at radius 2 is 2.15 bits per heavy atom. The van der Waals surface area contributed by atoms with E-state index in [0.717, 1.165) is 0 Å². The maximum atomic E-state index is 11.5. The molecule has 0 N–H and O–H groups in total. The van der Waals surface area contributed by atoms with Crippen molar-refractivity contribution in [2.45, 2.75) is 13.5 Å². The van der Waals surface area contributed by atoms with E-state index in [1.165, 1.54) is 29.5 Å². The van der Waals surface area contributed by atoms with E-state index in [0.29, 0.717) is 23.2 Å². The summed E-state index contributed by atoms with van der Waals surface area (Å²) in [5.41, 5.74) is 1.24. The van der Waals surface area contributed by atoms with E-state index >= 15 is 0 Å². The standard InChI is InChI=1S/C12H14N4O3S/c1-2-20(18,19)6-5-16-8-10(9-17)12(15-16)11-7-13-3-4-14-11/h3-4,7-9H,2,5-6H2,1H3. The Kier molecular flexibility index (Phi) is 4.23. The number of hydrogen-bond donors (Lipinski definition) is 0. The van der Waals surface area contributed by atoms with Crippen LogP contribution in [-0.2, 0) is 16.4 Å². The molecule has 0 bridgehead atoms. The molecular formula is C12H14N4O3S. The van der Waals surface area contributed by atoms with Crippen LogP contribution in [0.1, 0.15) is 17.3 Å². The van der Waals surface area contributed by atoms with E-state index in [4.69, 9.17) is 0 Å². The van der Waals surface area contributed by atoms with Gasteiger partial charge in [-0.25, -0.2) is 8.42 Å². The fourth-order valence-electron chi connectivity index (χ4n) is 1.63. The minimum atomic E-state index is -3.07. The summed E-state index contributed by atoms with van der Waals surface area (Å²) in [6.45, 7) is 1.80. The molecule has 0 spiro atoms. The first-order valence-electron chi connectivity index (χ1n) is 6.05. The highest BCUT2D eigenvalue weighted by molar-refractivity contribution is 7.91. The summed E-state index contributed by atoms with van der Waals surface area (Å²) in [6.07, 6.45) is 6.71. The lowest BCUT2D eigenvalue weighted by Crippen LogP contribution is -2.14. The van der Waals surface area contributed by atoms with Crippen molar-refractivity contribution in [1.29, 1.82) is 0 Å². The summed E-state index contributed by atoms with van der Waals surface area (Å²) >= 11 is 0. The second-order valence-electron chi connectivity index (χ2n) is 4.14. The molecule has 7 nitrogen and oxygen atoms in total. The van der Waals surface area contributed by atoms with Crippen LogP contribution in [0.15, 0.2) is 24.8 Å². The van der Waals surface area contributed by atoms with Gasteiger partial charge in [0.2, 0.25) is 0 Å². The molecule has 0 saturated heterocycles. The van der Waals surface area contributed by atoms with Crippen molar-refractivity contribution in [3.63, 3.8) is 0 Å². The molecule has 0 aliphatic rings. The van der Waals surface area contributed by atoms with Gasteiger partial charge in [-0.1, -0.05) is 6.92 Å². The monoisotopic (exact) mass is 294 g/mol. The SMILES string of the molecule is CCS(=O)(=O)CCn1cc(C=O)c(-c2cnccn2)n1. The van der Waals surface area contributed by atoms with Crippen molar-refractivity contribution in [1.82, 2.24) is 19.7 Å². The smallest absolute Gasteiger partial charge is 0.153 e. The lowest BCUT2D eigenvalue weighted by molar-refractivity contribution is 0.112. The quantitative estimate of drug-likeness (QED) is 0.723. The Morgan fingerprint density at radius 1 is 1.35 bits per heavy atom. The number of carbonyl (C=O) groups excluding carboxylic acids is 1. The lowest BCUT2D eigenvalue weighted by atomic mass is 10.2. The first-order valence-corrected chi connectivity index (χ1v) is 7.87. The van der Waals surface area contributed by atoms with Gasteiger partial charge in [-0.3, -0.25) is 19.4 Å². The molecule has 0 aromatic carbocycles. The molecule has 0 saturated carbocycles. The Labute approximate surface area is 116 Å². The Bertz CT molecular complexity index is 695. The molecule has 0 amide bonds. The normalized spacial score (nSPS) is 11.4. The predicted molar refractivity (Wildman–Crippen MR) is 73.0 cm³/mol. The van der Waals surface area contributed by atoms with Crippen LogP contribution in [0.3, 0.4) is 0 Å². The first kappa shape index (κ1) is 14.3. The van der Waals surface area contributed by atoms with E-state index in [1.807, 2.05) is 0 Å². The molecular weight excluding hydrogens is 280 g/mol. The van der Waals surface area contributed by atoms with E-state index < -0.39 is 9.84 Å². The molecule has 0 radical (unpaired) electrons. The van der Waals surface area contributed by atoms with Gasteiger partial charge in [-0.05, 0) is 0 Å². The van der Waals surface area contributed by atoms with Gasteiger partial charge in [0.15, 0.2) is 16.1 Å².